The van der Waals surface area contributed by atoms with Gasteiger partial charge < -0.3 is 0 Å². The third-order valence-corrected chi connectivity index (χ3v) is 0.964. The van der Waals surface area contributed by atoms with Crippen molar-refractivity contribution in [1.29, 1.82) is 0 Å². The number of alkyl halides is 6. The van der Waals surface area contributed by atoms with Gasteiger partial charge in [-0.25, -0.2) is 8.78 Å². The lowest BCUT2D eigenvalue weighted by Crippen LogP contribution is -2.29. The highest BCUT2D eigenvalue weighted by Crippen LogP contribution is 2.30. The van der Waals surface area contributed by atoms with E-state index in [0.717, 1.165) is 0 Å². The summed E-state index contributed by atoms with van der Waals surface area (Å²) in [6.07, 6.45) is -3.15. The van der Waals surface area contributed by atoms with Crippen LogP contribution in [0.15, 0.2) is 0 Å². The van der Waals surface area contributed by atoms with Crippen molar-refractivity contribution < 1.29 is 17.6 Å². The van der Waals surface area contributed by atoms with Crippen molar-refractivity contribution in [2.45, 2.75) is 17.2 Å². The van der Waals surface area contributed by atoms with E-state index in [4.69, 9.17) is 0 Å². The predicted molar refractivity (Wildman–Crippen MR) is 26.4 cm³/mol. The van der Waals surface area contributed by atoms with Gasteiger partial charge in [-0.15, -0.1) is 0 Å². The van der Waals surface area contributed by atoms with Crippen molar-refractivity contribution in [3.8, 4) is 0 Å². The second-order valence-electron chi connectivity index (χ2n) is 1.28. The fraction of sp³-hybridized carbons (Fsp3) is 1.00. The standard InChI is InChI=1S/C3H2Cl2F4/c4-2(7)1(6)3(5,8)9/h1-2H/t1?,2-/m0/s1. The fourth-order valence-electron chi connectivity index (χ4n) is 0.143. The minimum absolute atomic E-state index is 2.77. The van der Waals surface area contributed by atoms with E-state index in [-0.39, 0.29) is 0 Å². The minimum Gasteiger partial charge on any atom is -0.235 e. The van der Waals surface area contributed by atoms with Gasteiger partial charge in [0.15, 0.2) is 0 Å². The van der Waals surface area contributed by atoms with Gasteiger partial charge in [0, 0.05) is 0 Å². The molecule has 0 aliphatic rings. The first-order chi connectivity index (χ1) is 3.85. The molecule has 0 heterocycles. The molecule has 56 valence electrons. The molecule has 0 aliphatic heterocycles. The van der Waals surface area contributed by atoms with Gasteiger partial charge in [0.05, 0.1) is 0 Å². The summed E-state index contributed by atoms with van der Waals surface area (Å²) in [4.78, 5) is 0. The maximum Gasteiger partial charge on any atom is 0.356 e. The van der Waals surface area contributed by atoms with E-state index >= 15 is 0 Å². The van der Waals surface area contributed by atoms with Crippen LogP contribution in [0.1, 0.15) is 0 Å². The van der Waals surface area contributed by atoms with E-state index in [0.29, 0.717) is 0 Å². The summed E-state index contributed by atoms with van der Waals surface area (Å²) in [5, 5.41) is -4.22. The normalized spacial score (nSPS) is 19.3. The molecule has 0 spiro atoms. The second-order valence-corrected chi connectivity index (χ2v) is 2.20. The van der Waals surface area contributed by atoms with Crippen LogP contribution in [-0.2, 0) is 0 Å². The zero-order valence-corrected chi connectivity index (χ0v) is 5.43. The summed E-state index contributed by atoms with van der Waals surface area (Å²) in [6, 6.07) is 0. The second kappa shape index (κ2) is 2.92. The Hall–Kier alpha value is 0.300. The molecule has 0 aliphatic carbocycles. The summed E-state index contributed by atoms with van der Waals surface area (Å²) >= 11 is 8.35. The highest BCUT2D eigenvalue weighted by atomic mass is 35.5. The molecule has 0 N–H and O–H groups in total. The van der Waals surface area contributed by atoms with E-state index in [1.54, 1.807) is 0 Å². The molecule has 0 saturated heterocycles. The van der Waals surface area contributed by atoms with Crippen LogP contribution in [-0.4, -0.2) is 17.2 Å². The molecule has 0 saturated carbocycles. The summed E-state index contributed by atoms with van der Waals surface area (Å²) in [7, 11) is 0. The third-order valence-electron chi connectivity index (χ3n) is 0.534. The third kappa shape index (κ3) is 3.11. The molecule has 0 amide bonds. The minimum atomic E-state index is -4.22. The van der Waals surface area contributed by atoms with Crippen LogP contribution in [0.4, 0.5) is 17.6 Å². The monoisotopic (exact) mass is 184 g/mol. The Kier molecular flexibility index (Phi) is 3.02. The Bertz CT molecular complexity index is 88.3. The van der Waals surface area contributed by atoms with Crippen molar-refractivity contribution in [2.75, 3.05) is 0 Å². The molecule has 9 heavy (non-hydrogen) atoms. The molecule has 0 rings (SSSR count). The molecule has 0 aromatic heterocycles. The van der Waals surface area contributed by atoms with E-state index in [1.165, 1.54) is 0 Å². The van der Waals surface area contributed by atoms with Gasteiger partial charge in [0.2, 0.25) is 11.8 Å². The molecule has 0 radical (unpaired) electrons. The topological polar surface area (TPSA) is 0 Å². The van der Waals surface area contributed by atoms with Crippen LogP contribution in [0.25, 0.3) is 0 Å². The van der Waals surface area contributed by atoms with Crippen molar-refractivity contribution in [3.63, 3.8) is 0 Å². The maximum absolute atomic E-state index is 11.6. The Labute approximate surface area is 58.7 Å². The Morgan fingerprint density at radius 2 is 1.56 bits per heavy atom. The highest BCUT2D eigenvalue weighted by Gasteiger charge is 2.42. The van der Waals surface area contributed by atoms with Crippen LogP contribution in [0.5, 0.6) is 0 Å². The van der Waals surface area contributed by atoms with Crippen LogP contribution < -0.4 is 0 Å². The highest BCUT2D eigenvalue weighted by molar-refractivity contribution is 6.24. The van der Waals surface area contributed by atoms with E-state index < -0.39 is 17.2 Å². The van der Waals surface area contributed by atoms with E-state index in [9.17, 15) is 17.6 Å². The Balaban J connectivity index is 3.88. The lowest BCUT2D eigenvalue weighted by molar-refractivity contribution is -0.0133. The lowest BCUT2D eigenvalue weighted by Gasteiger charge is -2.12. The fourth-order valence-corrected chi connectivity index (χ4v) is 0.476. The number of hydrogen-bond acceptors (Lipinski definition) is 0. The summed E-state index contributed by atoms with van der Waals surface area (Å²) in [5.41, 5.74) is -2.77. The average molecular weight is 185 g/mol. The summed E-state index contributed by atoms with van der Waals surface area (Å²) in [5.74, 6) is 0. The Morgan fingerprint density at radius 3 is 1.56 bits per heavy atom. The maximum atomic E-state index is 11.6. The molecule has 2 atom stereocenters. The first kappa shape index (κ1) is 9.30. The molecular formula is C3H2Cl2F4. The molecule has 0 nitrogen and oxygen atoms in total. The molecule has 0 bridgehead atoms. The van der Waals surface area contributed by atoms with Gasteiger partial charge in [-0.1, -0.05) is 11.6 Å². The van der Waals surface area contributed by atoms with Gasteiger partial charge in [-0.2, -0.15) is 8.78 Å². The predicted octanol–water partition coefficient (Wildman–Crippen LogP) is 2.69. The molecule has 1 unspecified atom stereocenters. The molecule has 6 heteroatoms. The smallest absolute Gasteiger partial charge is 0.235 e. The van der Waals surface area contributed by atoms with Gasteiger partial charge >= 0.3 is 5.38 Å². The lowest BCUT2D eigenvalue weighted by atomic mass is 10.4. The zero-order chi connectivity index (χ0) is 7.65. The van der Waals surface area contributed by atoms with Crippen LogP contribution in [0, 0.1) is 0 Å². The number of rotatable bonds is 2. The van der Waals surface area contributed by atoms with Crippen molar-refractivity contribution in [1.82, 2.24) is 0 Å². The summed E-state index contributed by atoms with van der Waals surface area (Å²) in [6.45, 7) is 0. The average Bonchev–Trinajstić information content (AvgIpc) is 1.62. The molecular weight excluding hydrogens is 183 g/mol. The first-order valence-corrected chi connectivity index (χ1v) is 2.66. The largest absolute Gasteiger partial charge is 0.356 e. The van der Waals surface area contributed by atoms with Crippen LogP contribution in [0.3, 0.4) is 0 Å². The Morgan fingerprint density at radius 1 is 1.22 bits per heavy atom. The quantitative estimate of drug-likeness (QED) is 0.458. The number of hydrogen-bond donors (Lipinski definition) is 0. The van der Waals surface area contributed by atoms with Crippen molar-refractivity contribution >= 4 is 23.2 Å². The molecule has 0 aromatic rings. The summed E-state index contributed by atoms with van der Waals surface area (Å²) < 4.78 is 45.9. The van der Waals surface area contributed by atoms with Gasteiger partial charge in [0.25, 0.3) is 0 Å². The first-order valence-electron chi connectivity index (χ1n) is 1.84. The van der Waals surface area contributed by atoms with Crippen LogP contribution >= 0.6 is 23.2 Å². The zero-order valence-electron chi connectivity index (χ0n) is 3.92. The van der Waals surface area contributed by atoms with E-state index in [1.807, 2.05) is 0 Å². The van der Waals surface area contributed by atoms with Gasteiger partial charge in [-0.3, -0.25) is 0 Å². The van der Waals surface area contributed by atoms with Gasteiger partial charge in [-0.05, 0) is 11.6 Å². The SMILES string of the molecule is FC([C@H](F)Cl)C(F)(F)Cl. The molecule has 0 fully saturated rings. The van der Waals surface area contributed by atoms with Gasteiger partial charge in [0.1, 0.15) is 0 Å². The van der Waals surface area contributed by atoms with E-state index in [2.05, 4.69) is 23.2 Å². The molecule has 0 aromatic carbocycles. The van der Waals surface area contributed by atoms with Crippen molar-refractivity contribution in [2.24, 2.45) is 0 Å². The van der Waals surface area contributed by atoms with Crippen molar-refractivity contribution in [3.05, 3.63) is 0 Å². The van der Waals surface area contributed by atoms with Crippen LogP contribution in [0.2, 0.25) is 0 Å². The number of halogens is 6.